The van der Waals surface area contributed by atoms with Crippen molar-refractivity contribution in [1.82, 2.24) is 0 Å². The molecule has 0 spiro atoms. The Hall–Kier alpha value is -0.440. The first kappa shape index (κ1) is 5.69. The molecule has 4 heteroatoms. The molecule has 0 bridgehead atoms. The topological polar surface area (TPSA) is 35.5 Å². The molecule has 0 N–H and O–H groups in total. The predicted octanol–water partition coefficient (Wildman–Crippen LogP) is 1.11. The van der Waals surface area contributed by atoms with Crippen LogP contribution in [0.1, 0.15) is 6.42 Å². The van der Waals surface area contributed by atoms with Crippen molar-refractivity contribution in [3.05, 3.63) is 0 Å². The van der Waals surface area contributed by atoms with Crippen molar-refractivity contribution in [3.63, 3.8) is 0 Å². The first-order valence-corrected chi connectivity index (χ1v) is 2.70. The summed E-state index contributed by atoms with van der Waals surface area (Å²) in [4.78, 5) is 10.1. The van der Waals surface area contributed by atoms with Gasteiger partial charge in [0, 0.05) is 6.42 Å². The van der Waals surface area contributed by atoms with Crippen molar-refractivity contribution in [2.75, 3.05) is 6.61 Å². The number of carbonyl (C=O) groups is 1. The highest BCUT2D eigenvalue weighted by molar-refractivity contribution is 6.20. The van der Waals surface area contributed by atoms with E-state index in [0.717, 1.165) is 0 Å². The summed E-state index contributed by atoms with van der Waals surface area (Å²) < 4.78 is 8.79. The highest BCUT2D eigenvalue weighted by Gasteiger charge is 2.17. The molecule has 0 aromatic rings. The van der Waals surface area contributed by atoms with Crippen molar-refractivity contribution >= 4 is 17.8 Å². The maximum Gasteiger partial charge on any atom is 0.509 e. The Balaban J connectivity index is 2.34. The fraction of sp³-hybridized carbons (Fsp3) is 0.750. The number of carbonyl (C=O) groups excluding carboxylic acids is 1. The van der Waals surface area contributed by atoms with Crippen molar-refractivity contribution in [1.29, 1.82) is 0 Å². The van der Waals surface area contributed by atoms with E-state index in [2.05, 4.69) is 9.47 Å². The molecule has 1 rings (SSSR count). The average molecular weight is 137 g/mol. The van der Waals surface area contributed by atoms with Crippen LogP contribution in [0.4, 0.5) is 4.79 Å². The highest BCUT2D eigenvalue weighted by Crippen LogP contribution is 2.10. The second kappa shape index (κ2) is 2.22. The van der Waals surface area contributed by atoms with Gasteiger partial charge in [-0.3, -0.25) is 0 Å². The van der Waals surface area contributed by atoms with E-state index in [1.54, 1.807) is 0 Å². The van der Waals surface area contributed by atoms with Gasteiger partial charge in [0.15, 0.2) is 5.56 Å². The van der Waals surface area contributed by atoms with E-state index in [1.165, 1.54) is 0 Å². The molecule has 1 atom stereocenters. The number of halogens is 1. The van der Waals surface area contributed by atoms with Crippen LogP contribution in [0.3, 0.4) is 0 Å². The molecule has 46 valence electrons. The monoisotopic (exact) mass is 136 g/mol. The number of cyclic esters (lactones) is 2. The molecule has 3 nitrogen and oxygen atoms in total. The van der Waals surface area contributed by atoms with E-state index in [0.29, 0.717) is 13.0 Å². The number of rotatable bonds is 0. The Kier molecular flexibility index (Phi) is 1.58. The minimum Gasteiger partial charge on any atom is -0.434 e. The van der Waals surface area contributed by atoms with E-state index >= 15 is 0 Å². The zero-order chi connectivity index (χ0) is 5.98. The predicted molar refractivity (Wildman–Crippen MR) is 26.7 cm³/mol. The molecule has 8 heavy (non-hydrogen) atoms. The molecule has 1 aliphatic heterocycles. The molecule has 1 aliphatic rings. The van der Waals surface area contributed by atoms with Crippen molar-refractivity contribution in [3.8, 4) is 0 Å². The summed E-state index contributed by atoms with van der Waals surface area (Å²) in [5, 5.41) is 0. The van der Waals surface area contributed by atoms with Gasteiger partial charge in [0.1, 0.15) is 0 Å². The lowest BCUT2D eigenvalue weighted by molar-refractivity contribution is 0.00528. The Morgan fingerprint density at radius 2 is 2.50 bits per heavy atom. The second-order valence-electron chi connectivity index (χ2n) is 1.42. The number of ether oxygens (including phenoxy) is 2. The smallest absolute Gasteiger partial charge is 0.434 e. The van der Waals surface area contributed by atoms with E-state index in [1.807, 2.05) is 0 Å². The number of alkyl halides is 1. The van der Waals surface area contributed by atoms with Gasteiger partial charge >= 0.3 is 6.16 Å². The molecule has 0 aromatic heterocycles. The lowest BCUT2D eigenvalue weighted by Crippen LogP contribution is -2.22. The fourth-order valence-electron chi connectivity index (χ4n) is 0.432. The lowest BCUT2D eigenvalue weighted by atomic mass is 10.5. The molecular weight excluding hydrogens is 131 g/mol. The van der Waals surface area contributed by atoms with Crippen molar-refractivity contribution < 1.29 is 14.3 Å². The average Bonchev–Trinajstić information content (AvgIpc) is 1.64. The maximum absolute atomic E-state index is 10.1. The molecule has 0 saturated carbocycles. The van der Waals surface area contributed by atoms with Gasteiger partial charge in [-0.2, -0.15) is 0 Å². The molecular formula is C4H5ClO3. The van der Waals surface area contributed by atoms with Crippen LogP contribution in [0.2, 0.25) is 0 Å². The normalized spacial score (nSPS) is 28.6. The summed E-state index contributed by atoms with van der Waals surface area (Å²) in [6.45, 7) is 0.368. The van der Waals surface area contributed by atoms with Crippen molar-refractivity contribution in [2.45, 2.75) is 12.0 Å². The molecule has 0 aromatic carbocycles. The third kappa shape index (κ3) is 1.26. The summed E-state index contributed by atoms with van der Waals surface area (Å²) in [7, 11) is 0. The third-order valence-electron chi connectivity index (χ3n) is 0.789. The summed E-state index contributed by atoms with van der Waals surface area (Å²) in [6, 6.07) is 0. The number of hydrogen-bond donors (Lipinski definition) is 0. The Bertz CT molecular complexity index is 103. The zero-order valence-electron chi connectivity index (χ0n) is 4.09. The summed E-state index contributed by atoms with van der Waals surface area (Å²) in [5.41, 5.74) is -0.490. The first-order chi connectivity index (χ1) is 3.79. The van der Waals surface area contributed by atoms with Crippen LogP contribution < -0.4 is 0 Å². The van der Waals surface area contributed by atoms with Crippen LogP contribution in [0, 0.1) is 0 Å². The second-order valence-corrected chi connectivity index (χ2v) is 1.90. The van der Waals surface area contributed by atoms with Gasteiger partial charge in [-0.15, -0.1) is 0 Å². The summed E-state index contributed by atoms with van der Waals surface area (Å²) in [5.74, 6) is 0. The van der Waals surface area contributed by atoms with Gasteiger partial charge in [0.25, 0.3) is 0 Å². The SMILES string of the molecule is O=C1OCCC(Cl)O1. The number of hydrogen-bond acceptors (Lipinski definition) is 3. The van der Waals surface area contributed by atoms with E-state index < -0.39 is 11.7 Å². The largest absolute Gasteiger partial charge is 0.509 e. The quantitative estimate of drug-likeness (QED) is 0.370. The molecule has 1 unspecified atom stereocenters. The maximum atomic E-state index is 10.1. The summed E-state index contributed by atoms with van der Waals surface area (Å²) in [6.07, 6.45) is -0.0935. The van der Waals surface area contributed by atoms with Crippen LogP contribution in [-0.2, 0) is 9.47 Å². The van der Waals surface area contributed by atoms with E-state index in [4.69, 9.17) is 11.6 Å². The molecule has 1 fully saturated rings. The van der Waals surface area contributed by atoms with Crippen molar-refractivity contribution in [2.24, 2.45) is 0 Å². The van der Waals surface area contributed by atoms with Crippen LogP contribution >= 0.6 is 11.6 Å². The van der Waals surface area contributed by atoms with Crippen LogP contribution in [0.25, 0.3) is 0 Å². The van der Waals surface area contributed by atoms with Gasteiger partial charge in [-0.1, -0.05) is 11.6 Å². The third-order valence-corrected chi connectivity index (χ3v) is 1.10. The Morgan fingerprint density at radius 1 is 1.75 bits per heavy atom. The summed E-state index contributed by atoms with van der Waals surface area (Å²) >= 11 is 5.39. The van der Waals surface area contributed by atoms with Gasteiger partial charge in [0.05, 0.1) is 6.61 Å². The standard InChI is InChI=1S/C4H5ClO3/c5-3-1-2-7-4(6)8-3/h3H,1-2H2. The molecule has 0 radical (unpaired) electrons. The van der Waals surface area contributed by atoms with Gasteiger partial charge in [0.2, 0.25) is 0 Å². The van der Waals surface area contributed by atoms with Gasteiger partial charge in [-0.25, -0.2) is 4.79 Å². The lowest BCUT2D eigenvalue weighted by Gasteiger charge is -2.15. The van der Waals surface area contributed by atoms with E-state index in [-0.39, 0.29) is 0 Å². The fourth-order valence-corrected chi connectivity index (χ4v) is 0.594. The molecule has 1 heterocycles. The van der Waals surface area contributed by atoms with E-state index in [9.17, 15) is 4.79 Å². The van der Waals surface area contributed by atoms with Gasteiger partial charge in [-0.05, 0) is 0 Å². The Morgan fingerprint density at radius 3 is 2.88 bits per heavy atom. The van der Waals surface area contributed by atoms with Crippen LogP contribution in [0.15, 0.2) is 0 Å². The molecule has 0 aliphatic carbocycles. The molecule has 0 amide bonds. The van der Waals surface area contributed by atoms with Gasteiger partial charge < -0.3 is 9.47 Å². The minimum absolute atomic E-state index is 0.368. The molecule has 1 saturated heterocycles. The Labute approximate surface area is 51.5 Å². The minimum atomic E-state index is -0.670. The highest BCUT2D eigenvalue weighted by atomic mass is 35.5. The van der Waals surface area contributed by atoms with Crippen LogP contribution in [0.5, 0.6) is 0 Å². The van der Waals surface area contributed by atoms with Crippen LogP contribution in [-0.4, -0.2) is 18.3 Å². The first-order valence-electron chi connectivity index (χ1n) is 2.26. The zero-order valence-corrected chi connectivity index (χ0v) is 4.85.